The van der Waals surface area contributed by atoms with E-state index >= 15 is 0 Å². The molecule has 0 heterocycles. The van der Waals surface area contributed by atoms with Gasteiger partial charge in [-0.3, -0.25) is 9.59 Å². The number of carbonyl (C=O) groups is 2. The van der Waals surface area contributed by atoms with Crippen LogP contribution in [0.5, 0.6) is 0 Å². The standard InChI is InChI=1S/C12H22O3/c1-4-5-6-7-11(13)15-12(14)9-8-10(2)3/h10H,4-9H2,1-3H3. The number of hydrogen-bond donors (Lipinski definition) is 0. The minimum absolute atomic E-state index is 0.344. The lowest BCUT2D eigenvalue weighted by Gasteiger charge is -2.04. The van der Waals surface area contributed by atoms with Crippen molar-refractivity contribution in [2.45, 2.75) is 59.3 Å². The summed E-state index contributed by atoms with van der Waals surface area (Å²) in [5.74, 6) is -0.296. The molecule has 0 aromatic carbocycles. The average Bonchev–Trinajstić information content (AvgIpc) is 2.15. The lowest BCUT2D eigenvalue weighted by atomic mass is 10.1. The second kappa shape index (κ2) is 8.45. The lowest BCUT2D eigenvalue weighted by Crippen LogP contribution is -2.12. The molecule has 0 aliphatic rings. The highest BCUT2D eigenvalue weighted by Crippen LogP contribution is 2.06. The van der Waals surface area contributed by atoms with Gasteiger partial charge in [-0.05, 0) is 18.8 Å². The predicted molar refractivity (Wildman–Crippen MR) is 59.3 cm³/mol. The summed E-state index contributed by atoms with van der Waals surface area (Å²) in [7, 11) is 0. The van der Waals surface area contributed by atoms with Crippen LogP contribution >= 0.6 is 0 Å². The highest BCUT2D eigenvalue weighted by atomic mass is 16.6. The molecule has 3 nitrogen and oxygen atoms in total. The van der Waals surface area contributed by atoms with Crippen molar-refractivity contribution in [1.82, 2.24) is 0 Å². The molecule has 0 saturated heterocycles. The predicted octanol–water partition coefficient (Wildman–Crippen LogP) is 3.07. The van der Waals surface area contributed by atoms with Gasteiger partial charge in [-0.1, -0.05) is 33.6 Å². The molecule has 0 N–H and O–H groups in total. The van der Waals surface area contributed by atoms with E-state index in [0.717, 1.165) is 25.7 Å². The first-order valence-electron chi connectivity index (χ1n) is 5.79. The Kier molecular flexibility index (Phi) is 7.96. The average molecular weight is 214 g/mol. The zero-order valence-corrected chi connectivity index (χ0v) is 10.0. The van der Waals surface area contributed by atoms with E-state index in [1.807, 2.05) is 13.8 Å². The summed E-state index contributed by atoms with van der Waals surface area (Å²) in [5.41, 5.74) is 0. The maximum absolute atomic E-state index is 11.1. The first kappa shape index (κ1) is 14.1. The molecular formula is C12H22O3. The van der Waals surface area contributed by atoms with Gasteiger partial charge in [-0.2, -0.15) is 0 Å². The Morgan fingerprint density at radius 1 is 1.07 bits per heavy atom. The van der Waals surface area contributed by atoms with Gasteiger partial charge in [0.05, 0.1) is 0 Å². The van der Waals surface area contributed by atoms with Crippen LogP contribution in [0.1, 0.15) is 59.3 Å². The molecule has 0 rings (SSSR count). The van der Waals surface area contributed by atoms with Crippen molar-refractivity contribution < 1.29 is 14.3 Å². The number of ether oxygens (including phenoxy) is 1. The monoisotopic (exact) mass is 214 g/mol. The van der Waals surface area contributed by atoms with Crippen LogP contribution in [0.3, 0.4) is 0 Å². The van der Waals surface area contributed by atoms with Crippen LogP contribution in [0.4, 0.5) is 0 Å². The van der Waals surface area contributed by atoms with Crippen LogP contribution < -0.4 is 0 Å². The van der Waals surface area contributed by atoms with Gasteiger partial charge in [0.25, 0.3) is 0 Å². The van der Waals surface area contributed by atoms with Gasteiger partial charge >= 0.3 is 11.9 Å². The highest BCUT2D eigenvalue weighted by molar-refractivity contribution is 5.85. The van der Waals surface area contributed by atoms with E-state index in [1.165, 1.54) is 0 Å². The third-order valence-electron chi connectivity index (χ3n) is 2.14. The Morgan fingerprint density at radius 2 is 1.67 bits per heavy atom. The SMILES string of the molecule is CCCCCC(=O)OC(=O)CCC(C)C. The maximum Gasteiger partial charge on any atom is 0.313 e. The Bertz CT molecular complexity index is 197. The molecule has 0 amide bonds. The van der Waals surface area contributed by atoms with Gasteiger partial charge in [-0.25, -0.2) is 0 Å². The van der Waals surface area contributed by atoms with Gasteiger partial charge < -0.3 is 4.74 Å². The van der Waals surface area contributed by atoms with Crippen molar-refractivity contribution >= 4 is 11.9 Å². The zero-order valence-electron chi connectivity index (χ0n) is 10.0. The minimum Gasteiger partial charge on any atom is -0.393 e. The second-order valence-electron chi connectivity index (χ2n) is 4.24. The smallest absolute Gasteiger partial charge is 0.313 e. The summed E-state index contributed by atoms with van der Waals surface area (Å²) in [4.78, 5) is 22.3. The quantitative estimate of drug-likeness (QED) is 0.371. The molecule has 3 heteroatoms. The number of hydrogen-bond acceptors (Lipinski definition) is 3. The fourth-order valence-electron chi connectivity index (χ4n) is 1.15. The Balaban J connectivity index is 3.53. The minimum atomic E-state index is -0.384. The molecule has 0 bridgehead atoms. The van der Waals surface area contributed by atoms with Crippen LogP contribution in [0.15, 0.2) is 0 Å². The fraction of sp³-hybridized carbons (Fsp3) is 0.833. The maximum atomic E-state index is 11.1. The molecule has 0 aliphatic heterocycles. The fourth-order valence-corrected chi connectivity index (χ4v) is 1.15. The van der Waals surface area contributed by atoms with Gasteiger partial charge in [0, 0.05) is 12.8 Å². The van der Waals surface area contributed by atoms with E-state index in [4.69, 9.17) is 0 Å². The van der Waals surface area contributed by atoms with Crippen molar-refractivity contribution in [2.24, 2.45) is 5.92 Å². The molecule has 0 aromatic heterocycles. The van der Waals surface area contributed by atoms with Crippen molar-refractivity contribution in [3.8, 4) is 0 Å². The highest BCUT2D eigenvalue weighted by Gasteiger charge is 2.10. The van der Waals surface area contributed by atoms with Crippen LogP contribution in [0.2, 0.25) is 0 Å². The van der Waals surface area contributed by atoms with Crippen LogP contribution in [-0.2, 0) is 14.3 Å². The van der Waals surface area contributed by atoms with E-state index in [1.54, 1.807) is 0 Å². The second-order valence-corrected chi connectivity index (χ2v) is 4.24. The van der Waals surface area contributed by atoms with Gasteiger partial charge in [0.2, 0.25) is 0 Å². The molecular weight excluding hydrogens is 192 g/mol. The third-order valence-corrected chi connectivity index (χ3v) is 2.14. The Hall–Kier alpha value is -0.860. The molecule has 0 aromatic rings. The summed E-state index contributed by atoms with van der Waals surface area (Å²) in [6.07, 6.45) is 4.37. The Labute approximate surface area is 92.2 Å². The number of unbranched alkanes of at least 4 members (excludes halogenated alkanes) is 2. The third kappa shape index (κ3) is 9.44. The molecule has 0 unspecified atom stereocenters. The number of rotatable bonds is 7. The first-order chi connectivity index (χ1) is 7.06. The van der Waals surface area contributed by atoms with E-state index in [-0.39, 0.29) is 11.9 Å². The van der Waals surface area contributed by atoms with Gasteiger partial charge in [-0.15, -0.1) is 0 Å². The van der Waals surface area contributed by atoms with Gasteiger partial charge in [0.15, 0.2) is 0 Å². The van der Waals surface area contributed by atoms with Crippen molar-refractivity contribution in [3.63, 3.8) is 0 Å². The Morgan fingerprint density at radius 3 is 2.20 bits per heavy atom. The normalized spacial score (nSPS) is 10.4. The van der Waals surface area contributed by atoms with Crippen molar-refractivity contribution in [1.29, 1.82) is 0 Å². The van der Waals surface area contributed by atoms with E-state index in [0.29, 0.717) is 18.8 Å². The van der Waals surface area contributed by atoms with Crippen LogP contribution in [-0.4, -0.2) is 11.9 Å². The molecule has 0 atom stereocenters. The number of esters is 2. The lowest BCUT2D eigenvalue weighted by molar-refractivity contribution is -0.159. The van der Waals surface area contributed by atoms with E-state index in [9.17, 15) is 9.59 Å². The largest absolute Gasteiger partial charge is 0.393 e. The first-order valence-corrected chi connectivity index (χ1v) is 5.79. The zero-order chi connectivity index (χ0) is 11.7. The van der Waals surface area contributed by atoms with E-state index < -0.39 is 0 Å². The summed E-state index contributed by atoms with van der Waals surface area (Å²) < 4.78 is 4.67. The molecule has 0 spiro atoms. The summed E-state index contributed by atoms with van der Waals surface area (Å²) in [6, 6.07) is 0. The van der Waals surface area contributed by atoms with Crippen molar-refractivity contribution in [3.05, 3.63) is 0 Å². The number of carbonyl (C=O) groups excluding carboxylic acids is 2. The van der Waals surface area contributed by atoms with Crippen molar-refractivity contribution in [2.75, 3.05) is 0 Å². The molecule has 88 valence electrons. The molecule has 0 radical (unpaired) electrons. The van der Waals surface area contributed by atoms with Crippen LogP contribution in [0.25, 0.3) is 0 Å². The summed E-state index contributed by atoms with van der Waals surface area (Å²) in [6.45, 7) is 6.14. The summed E-state index contributed by atoms with van der Waals surface area (Å²) >= 11 is 0. The summed E-state index contributed by atoms with van der Waals surface area (Å²) in [5, 5.41) is 0. The van der Waals surface area contributed by atoms with Gasteiger partial charge in [0.1, 0.15) is 0 Å². The molecule has 0 aliphatic carbocycles. The topological polar surface area (TPSA) is 43.4 Å². The van der Waals surface area contributed by atoms with Crippen LogP contribution in [0, 0.1) is 5.92 Å². The molecule has 0 saturated carbocycles. The van der Waals surface area contributed by atoms with E-state index in [2.05, 4.69) is 11.7 Å². The molecule has 15 heavy (non-hydrogen) atoms. The molecule has 0 fully saturated rings.